The second-order valence-corrected chi connectivity index (χ2v) is 6.59. The van der Waals surface area contributed by atoms with E-state index in [2.05, 4.69) is 13.8 Å². The molecule has 0 aliphatic heterocycles. The summed E-state index contributed by atoms with van der Waals surface area (Å²) in [7, 11) is 0. The fourth-order valence-corrected chi connectivity index (χ4v) is 2.65. The van der Waals surface area contributed by atoms with Gasteiger partial charge in [-0.25, -0.2) is 0 Å². The molecule has 0 unspecified atom stereocenters. The Morgan fingerprint density at radius 3 is 1.24 bits per heavy atom. The van der Waals surface area contributed by atoms with E-state index in [1.807, 2.05) is 0 Å². The van der Waals surface area contributed by atoms with Gasteiger partial charge in [0.25, 0.3) is 0 Å². The number of unbranched alkanes of at least 4 members (excludes halogenated alkanes) is 13. The van der Waals surface area contributed by atoms with Crippen molar-refractivity contribution in [3.8, 4) is 0 Å². The first-order valence-electron chi connectivity index (χ1n) is 9.50. The monoisotopic (exact) mass is 300 g/mol. The molecule has 0 aliphatic rings. The second kappa shape index (κ2) is 18.0. The predicted octanol–water partition coefficient (Wildman–Crippen LogP) is 5.87. The molecule has 0 amide bonds. The van der Waals surface area contributed by atoms with Gasteiger partial charge in [0.05, 0.1) is 6.10 Å². The van der Waals surface area contributed by atoms with E-state index in [0.29, 0.717) is 12.7 Å². The Morgan fingerprint density at radius 1 is 0.571 bits per heavy atom. The molecule has 1 N–H and O–H groups in total. The zero-order valence-corrected chi connectivity index (χ0v) is 14.7. The zero-order chi connectivity index (χ0) is 15.6. The molecule has 2 nitrogen and oxygen atoms in total. The first-order chi connectivity index (χ1) is 10.3. The smallest absolute Gasteiger partial charge is 0.0518 e. The molecule has 0 spiro atoms. The van der Waals surface area contributed by atoms with Crippen molar-refractivity contribution in [3.63, 3.8) is 0 Å². The van der Waals surface area contributed by atoms with Crippen molar-refractivity contribution < 1.29 is 9.84 Å². The van der Waals surface area contributed by atoms with Crippen LogP contribution in [-0.4, -0.2) is 24.4 Å². The molecule has 21 heavy (non-hydrogen) atoms. The molecule has 0 rings (SSSR count). The normalized spacial score (nSPS) is 11.4. The fraction of sp³-hybridized carbons (Fsp3) is 1.00. The molecule has 0 bridgehead atoms. The van der Waals surface area contributed by atoms with Crippen molar-refractivity contribution in [3.05, 3.63) is 0 Å². The summed E-state index contributed by atoms with van der Waals surface area (Å²) in [5, 5.41) is 8.69. The van der Waals surface area contributed by atoms with E-state index in [0.717, 1.165) is 13.0 Å². The third kappa shape index (κ3) is 19.9. The van der Waals surface area contributed by atoms with Crippen LogP contribution < -0.4 is 0 Å². The highest BCUT2D eigenvalue weighted by atomic mass is 16.5. The molecule has 0 saturated heterocycles. The van der Waals surface area contributed by atoms with Gasteiger partial charge in [-0.1, -0.05) is 77.0 Å². The first kappa shape index (κ1) is 20.9. The van der Waals surface area contributed by atoms with Gasteiger partial charge in [0.2, 0.25) is 0 Å². The fourth-order valence-electron chi connectivity index (χ4n) is 2.65. The van der Waals surface area contributed by atoms with Crippen LogP contribution in [0.25, 0.3) is 0 Å². The zero-order valence-electron chi connectivity index (χ0n) is 14.7. The lowest BCUT2D eigenvalue weighted by Gasteiger charge is -2.07. The van der Waals surface area contributed by atoms with Crippen molar-refractivity contribution in [2.24, 2.45) is 0 Å². The van der Waals surface area contributed by atoms with E-state index in [1.54, 1.807) is 0 Å². The van der Waals surface area contributed by atoms with Gasteiger partial charge in [0.15, 0.2) is 0 Å². The van der Waals surface area contributed by atoms with Crippen molar-refractivity contribution in [1.29, 1.82) is 0 Å². The number of hydrogen-bond acceptors (Lipinski definition) is 2. The van der Waals surface area contributed by atoms with Crippen molar-refractivity contribution in [2.45, 2.75) is 110 Å². The maximum absolute atomic E-state index is 8.69. The lowest BCUT2D eigenvalue weighted by molar-refractivity contribution is 0.0756. The minimum atomic E-state index is 0.366. The van der Waals surface area contributed by atoms with Crippen LogP contribution in [0.4, 0.5) is 0 Å². The van der Waals surface area contributed by atoms with Crippen LogP contribution in [0.1, 0.15) is 104 Å². The van der Waals surface area contributed by atoms with Crippen molar-refractivity contribution in [2.75, 3.05) is 13.2 Å². The molecule has 128 valence electrons. The summed E-state index contributed by atoms with van der Waals surface area (Å²) in [5.74, 6) is 0. The molecular formula is C19H40O2. The molecule has 0 aliphatic carbocycles. The standard InChI is InChI=1S/C19H40O2/c1-19(2)21-18-16-14-12-10-8-6-4-3-5-7-9-11-13-15-17-20/h19-20H,3-18H2,1-2H3. The van der Waals surface area contributed by atoms with Crippen LogP contribution in [0, 0.1) is 0 Å². The molecule has 0 fully saturated rings. The largest absolute Gasteiger partial charge is 0.396 e. The summed E-state index contributed by atoms with van der Waals surface area (Å²) in [6, 6.07) is 0. The van der Waals surface area contributed by atoms with Crippen LogP contribution in [0.5, 0.6) is 0 Å². The van der Waals surface area contributed by atoms with Crippen LogP contribution in [0.2, 0.25) is 0 Å². The van der Waals surface area contributed by atoms with Crippen LogP contribution in [0.15, 0.2) is 0 Å². The number of aliphatic hydroxyl groups is 1. The highest BCUT2D eigenvalue weighted by molar-refractivity contribution is 4.49. The topological polar surface area (TPSA) is 29.5 Å². The maximum Gasteiger partial charge on any atom is 0.0518 e. The van der Waals surface area contributed by atoms with Crippen molar-refractivity contribution >= 4 is 0 Å². The number of hydrogen-bond donors (Lipinski definition) is 1. The number of aliphatic hydroxyl groups excluding tert-OH is 1. The summed E-state index contributed by atoms with van der Waals surface area (Å²) in [4.78, 5) is 0. The second-order valence-electron chi connectivity index (χ2n) is 6.59. The molecular weight excluding hydrogens is 260 g/mol. The molecule has 0 radical (unpaired) electrons. The van der Waals surface area contributed by atoms with Gasteiger partial charge in [0, 0.05) is 13.2 Å². The highest BCUT2D eigenvalue weighted by Crippen LogP contribution is 2.13. The third-order valence-electron chi connectivity index (χ3n) is 4.00. The van der Waals surface area contributed by atoms with E-state index >= 15 is 0 Å². The molecule has 0 aromatic carbocycles. The number of rotatable bonds is 17. The molecule has 0 aromatic rings. The van der Waals surface area contributed by atoms with E-state index in [-0.39, 0.29) is 0 Å². The van der Waals surface area contributed by atoms with Gasteiger partial charge in [-0.3, -0.25) is 0 Å². The Balaban J connectivity index is 2.93. The van der Waals surface area contributed by atoms with Crippen molar-refractivity contribution in [1.82, 2.24) is 0 Å². The summed E-state index contributed by atoms with van der Waals surface area (Å²) >= 11 is 0. The van der Waals surface area contributed by atoms with E-state index < -0.39 is 0 Å². The van der Waals surface area contributed by atoms with E-state index in [1.165, 1.54) is 83.5 Å². The molecule has 0 aromatic heterocycles. The molecule has 0 saturated carbocycles. The Kier molecular flexibility index (Phi) is 17.9. The number of ether oxygens (including phenoxy) is 1. The summed E-state index contributed by atoms with van der Waals surface area (Å²) in [6.07, 6.45) is 19.1. The van der Waals surface area contributed by atoms with Crippen LogP contribution in [-0.2, 0) is 4.74 Å². The average Bonchev–Trinajstić information content (AvgIpc) is 2.46. The Hall–Kier alpha value is -0.0800. The van der Waals surface area contributed by atoms with Gasteiger partial charge in [-0.2, -0.15) is 0 Å². The quantitative estimate of drug-likeness (QED) is 0.341. The Morgan fingerprint density at radius 2 is 0.905 bits per heavy atom. The molecule has 0 atom stereocenters. The summed E-state index contributed by atoms with van der Waals surface area (Å²) in [5.41, 5.74) is 0. The van der Waals surface area contributed by atoms with Gasteiger partial charge >= 0.3 is 0 Å². The minimum Gasteiger partial charge on any atom is -0.396 e. The minimum absolute atomic E-state index is 0.366. The van der Waals surface area contributed by atoms with E-state index in [4.69, 9.17) is 9.84 Å². The van der Waals surface area contributed by atoms with Crippen LogP contribution >= 0.6 is 0 Å². The lowest BCUT2D eigenvalue weighted by atomic mass is 10.0. The molecule has 2 heteroatoms. The van der Waals surface area contributed by atoms with Gasteiger partial charge in [0.1, 0.15) is 0 Å². The predicted molar refractivity (Wildman–Crippen MR) is 92.8 cm³/mol. The highest BCUT2D eigenvalue weighted by Gasteiger charge is 1.95. The SMILES string of the molecule is CC(C)OCCCCCCCCCCCCCCCCO. The van der Waals surface area contributed by atoms with E-state index in [9.17, 15) is 0 Å². The van der Waals surface area contributed by atoms with Gasteiger partial charge in [-0.05, 0) is 26.7 Å². The Bertz CT molecular complexity index is 180. The van der Waals surface area contributed by atoms with Gasteiger partial charge < -0.3 is 9.84 Å². The third-order valence-corrected chi connectivity index (χ3v) is 4.00. The summed E-state index contributed by atoms with van der Waals surface area (Å²) < 4.78 is 5.54. The molecule has 0 heterocycles. The first-order valence-corrected chi connectivity index (χ1v) is 9.50. The lowest BCUT2D eigenvalue weighted by Crippen LogP contribution is -2.03. The maximum atomic E-state index is 8.69. The average molecular weight is 301 g/mol. The van der Waals surface area contributed by atoms with Gasteiger partial charge in [-0.15, -0.1) is 0 Å². The summed E-state index contributed by atoms with van der Waals surface area (Å²) in [6.45, 7) is 5.52. The van der Waals surface area contributed by atoms with Crippen LogP contribution in [0.3, 0.4) is 0 Å². The Labute approximate surface area is 133 Å².